The lowest BCUT2D eigenvalue weighted by atomic mass is 10.0. The van der Waals surface area contributed by atoms with Crippen molar-refractivity contribution in [3.05, 3.63) is 123 Å². The van der Waals surface area contributed by atoms with Crippen molar-refractivity contribution in [3.63, 3.8) is 0 Å². The van der Waals surface area contributed by atoms with Gasteiger partial charge in [0.05, 0.1) is 30.1 Å². The van der Waals surface area contributed by atoms with Crippen LogP contribution in [0.4, 0.5) is 10.5 Å². The third-order valence-corrected chi connectivity index (χ3v) is 6.86. The van der Waals surface area contributed by atoms with Crippen molar-refractivity contribution in [1.82, 2.24) is 41.0 Å². The van der Waals surface area contributed by atoms with Crippen LogP contribution in [0.1, 0.15) is 27.7 Å². The molecule has 2 aromatic heterocycles. The smallest absolute Gasteiger partial charge is 0.411 e. The monoisotopic (exact) mass is 639 g/mol. The van der Waals surface area contributed by atoms with Gasteiger partial charge < -0.3 is 15.4 Å². The number of aromatic amines is 1. The first kappa shape index (κ1) is 31.3. The summed E-state index contributed by atoms with van der Waals surface area (Å²) in [6.07, 6.45) is 3.62. The Morgan fingerprint density at radius 2 is 1.83 bits per heavy atom. The van der Waals surface area contributed by atoms with Crippen LogP contribution < -0.4 is 21.5 Å². The van der Waals surface area contributed by atoms with Gasteiger partial charge in [0.2, 0.25) is 5.91 Å². The molecule has 0 saturated heterocycles. The molecule has 0 spiro atoms. The van der Waals surface area contributed by atoms with Crippen LogP contribution >= 0.6 is 11.6 Å². The number of hydrogen-bond acceptors (Lipinski definition) is 9. The number of benzene rings is 3. The summed E-state index contributed by atoms with van der Waals surface area (Å²) in [5, 5.41) is 26.5. The molecular formula is C31H26ClN9O5. The molecule has 232 valence electrons. The molecule has 5 rings (SSSR count). The van der Waals surface area contributed by atoms with Crippen LogP contribution in [0.5, 0.6) is 0 Å². The fourth-order valence-electron chi connectivity index (χ4n) is 4.36. The van der Waals surface area contributed by atoms with Crippen LogP contribution in [0.3, 0.4) is 0 Å². The quantitative estimate of drug-likeness (QED) is 0.166. The fraction of sp³-hybridized carbons (Fsp3) is 0.0968. The predicted octanol–water partition coefficient (Wildman–Crippen LogP) is 3.55. The van der Waals surface area contributed by atoms with Crippen LogP contribution in [-0.2, 0) is 9.53 Å². The zero-order chi connectivity index (χ0) is 32.5. The second-order valence-electron chi connectivity index (χ2n) is 9.66. The summed E-state index contributed by atoms with van der Waals surface area (Å²) in [5.74, 6) is -0.881. The number of amides is 3. The number of methoxy groups -OCH3 is 1. The number of hydrogen-bond donors (Lipinski definition) is 4. The predicted molar refractivity (Wildman–Crippen MR) is 169 cm³/mol. The Bertz CT molecular complexity index is 1930. The lowest BCUT2D eigenvalue weighted by Crippen LogP contribution is -2.38. The van der Waals surface area contributed by atoms with E-state index in [1.807, 2.05) is 0 Å². The molecule has 0 aliphatic rings. The highest BCUT2D eigenvalue weighted by atomic mass is 35.5. The van der Waals surface area contributed by atoms with Crippen LogP contribution in [0.2, 0.25) is 5.02 Å². The van der Waals surface area contributed by atoms with E-state index in [1.54, 1.807) is 78.9 Å². The first-order chi connectivity index (χ1) is 22.3. The maximum atomic E-state index is 13.2. The molecule has 14 nitrogen and oxygen atoms in total. The van der Waals surface area contributed by atoms with Crippen molar-refractivity contribution in [2.24, 2.45) is 0 Å². The zero-order valence-electron chi connectivity index (χ0n) is 24.2. The molecule has 0 aliphatic heterocycles. The van der Waals surface area contributed by atoms with Gasteiger partial charge in [-0.05, 0) is 70.6 Å². The van der Waals surface area contributed by atoms with Gasteiger partial charge in [0.25, 0.3) is 11.5 Å². The van der Waals surface area contributed by atoms with E-state index in [0.29, 0.717) is 33.1 Å². The number of carbonyl (C=O) groups is 3. The summed E-state index contributed by atoms with van der Waals surface area (Å²) >= 11 is 6.20. The van der Waals surface area contributed by atoms with Gasteiger partial charge in [-0.2, -0.15) is 9.78 Å². The summed E-state index contributed by atoms with van der Waals surface area (Å²) in [6, 6.07) is 20.8. The zero-order valence-corrected chi connectivity index (χ0v) is 24.9. The van der Waals surface area contributed by atoms with Gasteiger partial charge in [-0.3, -0.25) is 19.7 Å². The van der Waals surface area contributed by atoms with E-state index in [2.05, 4.69) is 46.4 Å². The van der Waals surface area contributed by atoms with Crippen LogP contribution in [0.15, 0.2) is 96.1 Å². The van der Waals surface area contributed by atoms with E-state index in [9.17, 15) is 19.2 Å². The molecule has 46 heavy (non-hydrogen) atoms. The van der Waals surface area contributed by atoms with Gasteiger partial charge in [0, 0.05) is 34.5 Å². The normalized spacial score (nSPS) is 11.5. The molecule has 0 unspecified atom stereocenters. The van der Waals surface area contributed by atoms with Crippen molar-refractivity contribution in [2.75, 3.05) is 19.0 Å². The number of halogens is 1. The Kier molecular flexibility index (Phi) is 9.89. The Morgan fingerprint density at radius 3 is 2.54 bits per heavy atom. The standard InChI is InChI=1S/C31H26ClN9O5/c1-46-31(45)35-23-11-7-19(8-12-23)24-16-25(37-38-30(24)44)26(17-33-29(43)20-5-3-2-4-6-20)36-28(42)14-9-21-15-22(32)10-13-27(21)41-18-34-39-40-41/h2-16,18,26H,17H2,1H3,(H,33,43)(H,35,45)(H,36,42)(H,38,44)/b14-9+/t26-/m0/s1. The van der Waals surface area contributed by atoms with Gasteiger partial charge in [0.15, 0.2) is 0 Å². The minimum Gasteiger partial charge on any atom is -0.453 e. The number of carbonyl (C=O) groups excluding carboxylic acids is 3. The molecule has 3 aromatic carbocycles. The van der Waals surface area contributed by atoms with Gasteiger partial charge in [0.1, 0.15) is 6.33 Å². The van der Waals surface area contributed by atoms with Crippen LogP contribution in [-0.4, -0.2) is 62.0 Å². The summed E-state index contributed by atoms with van der Waals surface area (Å²) in [5.41, 5.74) is 2.62. The largest absolute Gasteiger partial charge is 0.453 e. The van der Waals surface area contributed by atoms with Gasteiger partial charge in [-0.15, -0.1) is 5.10 Å². The molecule has 2 heterocycles. The first-order valence-electron chi connectivity index (χ1n) is 13.7. The van der Waals surface area contributed by atoms with E-state index in [4.69, 9.17) is 11.6 Å². The Labute approximate surface area is 266 Å². The van der Waals surface area contributed by atoms with Gasteiger partial charge in [-0.25, -0.2) is 9.89 Å². The summed E-state index contributed by atoms with van der Waals surface area (Å²) in [4.78, 5) is 50.4. The van der Waals surface area contributed by atoms with E-state index >= 15 is 0 Å². The lowest BCUT2D eigenvalue weighted by molar-refractivity contribution is -0.117. The van der Waals surface area contributed by atoms with Crippen LogP contribution in [0.25, 0.3) is 22.9 Å². The minimum atomic E-state index is -0.862. The average molecular weight is 640 g/mol. The maximum absolute atomic E-state index is 13.2. The third kappa shape index (κ3) is 7.86. The van der Waals surface area contributed by atoms with Crippen molar-refractivity contribution < 1.29 is 19.1 Å². The molecule has 5 aromatic rings. The SMILES string of the molecule is COC(=O)Nc1ccc(-c2cc([C@H](CNC(=O)c3ccccc3)NC(=O)/C=C/c3cc(Cl)ccc3-n3cnnn3)n[nH]c2=O)cc1. The van der Waals surface area contributed by atoms with E-state index in [-0.39, 0.29) is 23.7 Å². The van der Waals surface area contributed by atoms with Gasteiger partial charge in [-0.1, -0.05) is 41.9 Å². The maximum Gasteiger partial charge on any atom is 0.411 e. The van der Waals surface area contributed by atoms with Crippen molar-refractivity contribution in [3.8, 4) is 16.8 Å². The number of anilines is 1. The summed E-state index contributed by atoms with van der Waals surface area (Å²) < 4.78 is 6.03. The number of H-pyrrole nitrogens is 1. The number of ether oxygens (including phenoxy) is 1. The highest BCUT2D eigenvalue weighted by Crippen LogP contribution is 2.22. The number of aromatic nitrogens is 6. The highest BCUT2D eigenvalue weighted by molar-refractivity contribution is 6.30. The van der Waals surface area contributed by atoms with Gasteiger partial charge >= 0.3 is 6.09 Å². The summed E-state index contributed by atoms with van der Waals surface area (Å²) in [6.45, 7) is -0.0547. The van der Waals surface area contributed by atoms with E-state index in [0.717, 1.165) is 0 Å². The second-order valence-corrected chi connectivity index (χ2v) is 10.1. The number of nitrogens with zero attached hydrogens (tertiary/aromatic N) is 5. The van der Waals surface area contributed by atoms with E-state index in [1.165, 1.54) is 30.3 Å². The highest BCUT2D eigenvalue weighted by Gasteiger charge is 2.19. The molecule has 0 saturated carbocycles. The van der Waals surface area contributed by atoms with Crippen molar-refractivity contribution >= 4 is 41.3 Å². The molecular weight excluding hydrogens is 614 g/mol. The molecule has 3 amide bonds. The first-order valence-corrected chi connectivity index (χ1v) is 14.1. The minimum absolute atomic E-state index is 0.0547. The molecule has 1 atom stereocenters. The summed E-state index contributed by atoms with van der Waals surface area (Å²) in [7, 11) is 1.25. The molecule has 0 aliphatic carbocycles. The molecule has 4 N–H and O–H groups in total. The molecule has 15 heteroatoms. The Morgan fingerprint density at radius 1 is 1.04 bits per heavy atom. The molecule has 0 bridgehead atoms. The van der Waals surface area contributed by atoms with Crippen molar-refractivity contribution in [1.29, 1.82) is 0 Å². The average Bonchev–Trinajstić information content (AvgIpc) is 3.61. The van der Waals surface area contributed by atoms with E-state index < -0.39 is 23.6 Å². The number of nitrogens with one attached hydrogen (secondary N) is 4. The second kappa shape index (κ2) is 14.5. The Hall–Kier alpha value is -6.15. The fourth-order valence-corrected chi connectivity index (χ4v) is 4.54. The lowest BCUT2D eigenvalue weighted by Gasteiger charge is -2.19. The molecule has 0 fully saturated rings. The van der Waals surface area contributed by atoms with Crippen molar-refractivity contribution in [2.45, 2.75) is 6.04 Å². The number of tetrazole rings is 1. The Balaban J connectivity index is 1.41. The topological polar surface area (TPSA) is 186 Å². The molecule has 0 radical (unpaired) electrons. The van der Waals surface area contributed by atoms with Crippen LogP contribution in [0, 0.1) is 0 Å². The third-order valence-electron chi connectivity index (χ3n) is 6.63. The number of rotatable bonds is 10.